The Bertz CT molecular complexity index is 345. The highest BCUT2D eigenvalue weighted by Gasteiger charge is 2.32. The van der Waals surface area contributed by atoms with Crippen molar-refractivity contribution >= 4 is 12.4 Å². The fourth-order valence-corrected chi connectivity index (χ4v) is 1.97. The first-order valence-corrected chi connectivity index (χ1v) is 5.31. The van der Waals surface area contributed by atoms with Crippen LogP contribution in [0.1, 0.15) is 30.0 Å². The molecule has 0 atom stereocenters. The van der Waals surface area contributed by atoms with E-state index in [0.717, 1.165) is 37.6 Å². The van der Waals surface area contributed by atoms with E-state index in [0.29, 0.717) is 5.92 Å². The van der Waals surface area contributed by atoms with Crippen molar-refractivity contribution in [2.75, 3.05) is 13.1 Å². The number of pyridine rings is 1. The molecule has 1 saturated heterocycles. The van der Waals surface area contributed by atoms with Crippen LogP contribution in [0.2, 0.25) is 0 Å². The van der Waals surface area contributed by atoms with Crippen molar-refractivity contribution in [1.82, 2.24) is 10.3 Å². The maximum atomic E-state index is 12.3. The van der Waals surface area contributed by atoms with Gasteiger partial charge in [0.15, 0.2) is 0 Å². The summed E-state index contributed by atoms with van der Waals surface area (Å²) in [6.45, 7) is 1.84. The Labute approximate surface area is 104 Å². The van der Waals surface area contributed by atoms with E-state index in [1.54, 1.807) is 6.07 Å². The van der Waals surface area contributed by atoms with Gasteiger partial charge in [-0.2, -0.15) is 13.2 Å². The predicted molar refractivity (Wildman–Crippen MR) is 61.3 cm³/mol. The van der Waals surface area contributed by atoms with Gasteiger partial charge in [-0.15, -0.1) is 12.4 Å². The molecule has 17 heavy (non-hydrogen) atoms. The molecule has 0 spiro atoms. The predicted octanol–water partition coefficient (Wildman–Crippen LogP) is 2.99. The summed E-state index contributed by atoms with van der Waals surface area (Å²) in [5.74, 6) is 0.344. The monoisotopic (exact) mass is 266 g/mol. The minimum atomic E-state index is -4.34. The summed E-state index contributed by atoms with van der Waals surface area (Å²) in [6.07, 6.45) is -1.05. The summed E-state index contributed by atoms with van der Waals surface area (Å²) in [5.41, 5.74) is 0.0969. The second-order valence-electron chi connectivity index (χ2n) is 4.00. The van der Waals surface area contributed by atoms with Gasteiger partial charge in [-0.05, 0) is 43.5 Å². The van der Waals surface area contributed by atoms with E-state index in [9.17, 15) is 13.2 Å². The van der Waals surface area contributed by atoms with Gasteiger partial charge in [0, 0.05) is 6.20 Å². The summed E-state index contributed by atoms with van der Waals surface area (Å²) in [5, 5.41) is 3.22. The molecule has 2 heterocycles. The first kappa shape index (κ1) is 14.3. The fraction of sp³-hybridized carbons (Fsp3) is 0.545. The highest BCUT2D eigenvalue weighted by Crippen LogP contribution is 2.30. The lowest BCUT2D eigenvalue weighted by Crippen LogP contribution is -2.26. The van der Waals surface area contributed by atoms with Crippen LogP contribution in [0.4, 0.5) is 13.2 Å². The van der Waals surface area contributed by atoms with E-state index >= 15 is 0 Å². The molecule has 0 bridgehead atoms. The van der Waals surface area contributed by atoms with Gasteiger partial charge in [-0.3, -0.25) is 4.98 Å². The number of piperidine rings is 1. The normalized spacial score (nSPS) is 17.6. The van der Waals surface area contributed by atoms with Crippen LogP contribution in [-0.4, -0.2) is 18.1 Å². The molecule has 6 heteroatoms. The molecule has 1 aromatic rings. The summed E-state index contributed by atoms with van der Waals surface area (Å²) in [4.78, 5) is 3.48. The zero-order chi connectivity index (χ0) is 11.6. The molecule has 0 aromatic carbocycles. The second kappa shape index (κ2) is 5.69. The SMILES string of the molecule is Cl.FC(F)(F)c1ccc(C2CCNCC2)cn1. The van der Waals surface area contributed by atoms with Crippen LogP contribution in [-0.2, 0) is 6.18 Å². The summed E-state index contributed by atoms with van der Waals surface area (Å²) < 4.78 is 36.9. The molecule has 0 amide bonds. The maximum absolute atomic E-state index is 12.3. The molecule has 0 radical (unpaired) electrons. The van der Waals surface area contributed by atoms with E-state index in [-0.39, 0.29) is 12.4 Å². The number of nitrogens with zero attached hydrogens (tertiary/aromatic N) is 1. The van der Waals surface area contributed by atoms with Crippen LogP contribution in [0.15, 0.2) is 18.3 Å². The standard InChI is InChI=1S/C11H13F3N2.ClH/c12-11(13,14)10-2-1-9(7-16-10)8-3-5-15-6-4-8;/h1-2,7-8,15H,3-6H2;1H. The lowest BCUT2D eigenvalue weighted by atomic mass is 9.91. The van der Waals surface area contributed by atoms with E-state index in [4.69, 9.17) is 0 Å². The first-order chi connectivity index (χ1) is 7.57. The Morgan fingerprint density at radius 2 is 1.82 bits per heavy atom. The molecule has 1 fully saturated rings. The minimum Gasteiger partial charge on any atom is -0.317 e. The second-order valence-corrected chi connectivity index (χ2v) is 4.00. The van der Waals surface area contributed by atoms with Gasteiger partial charge in [0.25, 0.3) is 0 Å². The average Bonchev–Trinajstić information content (AvgIpc) is 2.29. The Kier molecular flexibility index (Phi) is 4.77. The van der Waals surface area contributed by atoms with Crippen LogP contribution < -0.4 is 5.32 Å². The number of nitrogens with one attached hydrogen (secondary N) is 1. The molecule has 1 aliphatic heterocycles. The van der Waals surface area contributed by atoms with E-state index in [2.05, 4.69) is 10.3 Å². The fourth-order valence-electron chi connectivity index (χ4n) is 1.97. The Balaban J connectivity index is 0.00000144. The quantitative estimate of drug-likeness (QED) is 0.845. The third-order valence-electron chi connectivity index (χ3n) is 2.89. The van der Waals surface area contributed by atoms with Crippen molar-refractivity contribution in [2.24, 2.45) is 0 Å². The molecule has 2 rings (SSSR count). The summed E-state index contributed by atoms with van der Waals surface area (Å²) >= 11 is 0. The van der Waals surface area contributed by atoms with Crippen LogP contribution in [0.25, 0.3) is 0 Å². The summed E-state index contributed by atoms with van der Waals surface area (Å²) in [6, 6.07) is 2.61. The molecule has 1 aliphatic rings. The van der Waals surface area contributed by atoms with Crippen LogP contribution in [0, 0.1) is 0 Å². The molecule has 2 nitrogen and oxygen atoms in total. The minimum absolute atomic E-state index is 0. The van der Waals surface area contributed by atoms with Gasteiger partial charge < -0.3 is 5.32 Å². The van der Waals surface area contributed by atoms with E-state index in [1.165, 1.54) is 6.20 Å². The Hall–Kier alpha value is -0.810. The topological polar surface area (TPSA) is 24.9 Å². The molecular formula is C11H14ClF3N2. The smallest absolute Gasteiger partial charge is 0.317 e. The Morgan fingerprint density at radius 1 is 1.18 bits per heavy atom. The van der Waals surface area contributed by atoms with E-state index in [1.807, 2.05) is 0 Å². The number of hydrogen-bond donors (Lipinski definition) is 1. The maximum Gasteiger partial charge on any atom is 0.433 e. The molecular weight excluding hydrogens is 253 g/mol. The van der Waals surface area contributed by atoms with Gasteiger partial charge in [-0.1, -0.05) is 6.07 Å². The summed E-state index contributed by atoms with van der Waals surface area (Å²) in [7, 11) is 0. The van der Waals surface area contributed by atoms with Crippen molar-refractivity contribution in [3.05, 3.63) is 29.6 Å². The van der Waals surface area contributed by atoms with Crippen molar-refractivity contribution in [3.8, 4) is 0 Å². The van der Waals surface area contributed by atoms with Gasteiger partial charge >= 0.3 is 6.18 Å². The average molecular weight is 267 g/mol. The van der Waals surface area contributed by atoms with Crippen molar-refractivity contribution in [2.45, 2.75) is 24.9 Å². The number of halogens is 4. The van der Waals surface area contributed by atoms with Gasteiger partial charge in [0.05, 0.1) is 0 Å². The number of rotatable bonds is 1. The largest absolute Gasteiger partial charge is 0.433 e. The van der Waals surface area contributed by atoms with Crippen LogP contribution in [0.3, 0.4) is 0 Å². The lowest BCUT2D eigenvalue weighted by Gasteiger charge is -2.22. The number of alkyl halides is 3. The number of hydrogen-bond acceptors (Lipinski definition) is 2. The third kappa shape index (κ3) is 3.57. The third-order valence-corrected chi connectivity index (χ3v) is 2.89. The zero-order valence-corrected chi connectivity index (χ0v) is 9.94. The van der Waals surface area contributed by atoms with Crippen LogP contribution in [0.5, 0.6) is 0 Å². The molecule has 0 saturated carbocycles. The van der Waals surface area contributed by atoms with Crippen LogP contribution >= 0.6 is 12.4 Å². The van der Waals surface area contributed by atoms with Crippen molar-refractivity contribution in [3.63, 3.8) is 0 Å². The highest BCUT2D eigenvalue weighted by molar-refractivity contribution is 5.85. The van der Waals surface area contributed by atoms with Gasteiger partial charge in [0.2, 0.25) is 0 Å². The van der Waals surface area contributed by atoms with Crippen molar-refractivity contribution in [1.29, 1.82) is 0 Å². The molecule has 1 aromatic heterocycles. The van der Waals surface area contributed by atoms with Gasteiger partial charge in [0.1, 0.15) is 5.69 Å². The van der Waals surface area contributed by atoms with E-state index < -0.39 is 11.9 Å². The molecule has 1 N–H and O–H groups in total. The number of aromatic nitrogens is 1. The molecule has 0 aliphatic carbocycles. The van der Waals surface area contributed by atoms with Crippen molar-refractivity contribution < 1.29 is 13.2 Å². The first-order valence-electron chi connectivity index (χ1n) is 5.31. The molecule has 0 unspecified atom stereocenters. The lowest BCUT2D eigenvalue weighted by molar-refractivity contribution is -0.141. The molecule has 96 valence electrons. The Morgan fingerprint density at radius 3 is 2.29 bits per heavy atom. The zero-order valence-electron chi connectivity index (χ0n) is 9.13. The highest BCUT2D eigenvalue weighted by atomic mass is 35.5. The van der Waals surface area contributed by atoms with Gasteiger partial charge in [-0.25, -0.2) is 0 Å².